The van der Waals surface area contributed by atoms with E-state index >= 15 is 0 Å². The summed E-state index contributed by atoms with van der Waals surface area (Å²) < 4.78 is 0. The lowest BCUT2D eigenvalue weighted by atomic mass is 10.1. The highest BCUT2D eigenvalue weighted by Gasteiger charge is 2.07. The third-order valence-electron chi connectivity index (χ3n) is 2.30. The molecular weight excluding hydrogens is 184 g/mol. The molecule has 0 spiro atoms. The number of hydrogen-bond donors (Lipinski definition) is 1. The van der Waals surface area contributed by atoms with Gasteiger partial charge >= 0.3 is 0 Å². The Labute approximate surface area is 89.7 Å². The molecule has 0 bridgehead atoms. The third-order valence-corrected chi connectivity index (χ3v) is 2.30. The number of aromatic amines is 1. The van der Waals surface area contributed by atoms with E-state index in [9.17, 15) is 0 Å². The van der Waals surface area contributed by atoms with Gasteiger partial charge in [-0.15, -0.1) is 6.58 Å². The molecule has 0 radical (unpaired) electrons. The summed E-state index contributed by atoms with van der Waals surface area (Å²) in [6.45, 7) is 5.72. The minimum atomic E-state index is 0.800. The van der Waals surface area contributed by atoms with Crippen molar-refractivity contribution >= 4 is 0 Å². The molecule has 2 aromatic rings. The van der Waals surface area contributed by atoms with Crippen LogP contribution < -0.4 is 0 Å². The second-order valence-corrected chi connectivity index (χ2v) is 3.50. The van der Waals surface area contributed by atoms with Crippen LogP contribution in [0.5, 0.6) is 0 Å². The molecule has 2 rings (SSSR count). The van der Waals surface area contributed by atoms with Gasteiger partial charge in [0.1, 0.15) is 5.82 Å². The highest BCUT2D eigenvalue weighted by atomic mass is 14.9. The van der Waals surface area contributed by atoms with E-state index in [4.69, 9.17) is 0 Å². The number of nitrogens with one attached hydrogen (secondary N) is 1. The standard InChI is InChI=1S/C13H14N2/c1-3-7-12-13(15-10(2)14-12)11-8-5-4-6-9-11/h3-6,8-9H,1,7H2,2H3,(H,14,15). The molecule has 0 amide bonds. The summed E-state index contributed by atoms with van der Waals surface area (Å²) in [5.41, 5.74) is 3.34. The molecule has 0 unspecified atom stereocenters. The number of aromatic nitrogens is 2. The van der Waals surface area contributed by atoms with E-state index in [1.54, 1.807) is 0 Å². The maximum absolute atomic E-state index is 4.45. The topological polar surface area (TPSA) is 28.7 Å². The van der Waals surface area contributed by atoms with Crippen LogP contribution in [0.4, 0.5) is 0 Å². The predicted molar refractivity (Wildman–Crippen MR) is 62.7 cm³/mol. The smallest absolute Gasteiger partial charge is 0.103 e. The van der Waals surface area contributed by atoms with Crippen molar-refractivity contribution in [1.82, 2.24) is 9.97 Å². The molecule has 2 nitrogen and oxygen atoms in total. The Morgan fingerprint density at radius 2 is 2.07 bits per heavy atom. The number of benzene rings is 1. The van der Waals surface area contributed by atoms with Crippen molar-refractivity contribution in [3.8, 4) is 11.3 Å². The van der Waals surface area contributed by atoms with Crippen molar-refractivity contribution in [3.05, 3.63) is 54.5 Å². The van der Waals surface area contributed by atoms with Crippen LogP contribution in [-0.4, -0.2) is 9.97 Å². The Hall–Kier alpha value is -1.83. The molecule has 0 aliphatic heterocycles. The van der Waals surface area contributed by atoms with Gasteiger partial charge in [0.15, 0.2) is 0 Å². The van der Waals surface area contributed by atoms with Crippen LogP contribution in [0.15, 0.2) is 43.0 Å². The number of nitrogens with zero attached hydrogens (tertiary/aromatic N) is 1. The maximum Gasteiger partial charge on any atom is 0.103 e. The average Bonchev–Trinajstić information content (AvgIpc) is 2.62. The number of rotatable bonds is 3. The number of allylic oxidation sites excluding steroid dienone is 1. The fourth-order valence-electron chi connectivity index (χ4n) is 1.67. The maximum atomic E-state index is 4.45. The summed E-state index contributed by atoms with van der Waals surface area (Å²) in [4.78, 5) is 7.74. The summed E-state index contributed by atoms with van der Waals surface area (Å²) in [6.07, 6.45) is 2.68. The zero-order chi connectivity index (χ0) is 10.7. The van der Waals surface area contributed by atoms with Gasteiger partial charge in [0.2, 0.25) is 0 Å². The Balaban J connectivity index is 2.47. The second kappa shape index (κ2) is 4.13. The van der Waals surface area contributed by atoms with Gasteiger partial charge in [0, 0.05) is 6.42 Å². The van der Waals surface area contributed by atoms with E-state index in [-0.39, 0.29) is 0 Å². The zero-order valence-corrected chi connectivity index (χ0v) is 8.83. The van der Waals surface area contributed by atoms with Gasteiger partial charge in [-0.3, -0.25) is 0 Å². The summed E-state index contributed by atoms with van der Waals surface area (Å²) in [5.74, 6) is 0.950. The van der Waals surface area contributed by atoms with Crippen molar-refractivity contribution in [2.45, 2.75) is 13.3 Å². The summed E-state index contributed by atoms with van der Waals surface area (Å²) in [6, 6.07) is 10.2. The van der Waals surface area contributed by atoms with Crippen LogP contribution in [0, 0.1) is 6.92 Å². The molecule has 0 atom stereocenters. The van der Waals surface area contributed by atoms with E-state index in [1.165, 1.54) is 5.56 Å². The van der Waals surface area contributed by atoms with Crippen molar-refractivity contribution in [1.29, 1.82) is 0 Å². The lowest BCUT2D eigenvalue weighted by Gasteiger charge is -1.99. The van der Waals surface area contributed by atoms with E-state index in [0.717, 1.165) is 23.6 Å². The molecule has 0 aliphatic carbocycles. The summed E-state index contributed by atoms with van der Waals surface area (Å²) in [7, 11) is 0. The number of imidazole rings is 1. The third kappa shape index (κ3) is 1.99. The largest absolute Gasteiger partial charge is 0.342 e. The first-order valence-corrected chi connectivity index (χ1v) is 5.03. The SMILES string of the molecule is C=CCc1nc(C)[nH]c1-c1ccccc1. The lowest BCUT2D eigenvalue weighted by molar-refractivity contribution is 1.09. The van der Waals surface area contributed by atoms with Gasteiger partial charge < -0.3 is 4.98 Å². The molecule has 0 aliphatic rings. The molecule has 1 aromatic heterocycles. The highest BCUT2D eigenvalue weighted by molar-refractivity contribution is 5.62. The fourth-order valence-corrected chi connectivity index (χ4v) is 1.67. The van der Waals surface area contributed by atoms with Crippen LogP contribution in [0.25, 0.3) is 11.3 Å². The van der Waals surface area contributed by atoms with E-state index < -0.39 is 0 Å². The first-order valence-electron chi connectivity index (χ1n) is 5.03. The predicted octanol–water partition coefficient (Wildman–Crippen LogP) is 3.11. The van der Waals surface area contributed by atoms with Crippen LogP contribution in [0.3, 0.4) is 0 Å². The molecule has 15 heavy (non-hydrogen) atoms. The van der Waals surface area contributed by atoms with Crippen LogP contribution in [-0.2, 0) is 6.42 Å². The van der Waals surface area contributed by atoms with Gasteiger partial charge in [-0.1, -0.05) is 36.4 Å². The summed E-state index contributed by atoms with van der Waals surface area (Å²) >= 11 is 0. The highest BCUT2D eigenvalue weighted by Crippen LogP contribution is 2.21. The Bertz CT molecular complexity index is 455. The van der Waals surface area contributed by atoms with E-state index in [1.807, 2.05) is 31.2 Å². The molecule has 76 valence electrons. The Kier molecular flexibility index (Phi) is 2.68. The fraction of sp³-hybridized carbons (Fsp3) is 0.154. The van der Waals surface area contributed by atoms with Crippen LogP contribution in [0.2, 0.25) is 0 Å². The van der Waals surface area contributed by atoms with Crippen molar-refractivity contribution in [2.75, 3.05) is 0 Å². The van der Waals surface area contributed by atoms with E-state index in [0.29, 0.717) is 0 Å². The summed E-state index contributed by atoms with van der Waals surface area (Å²) in [5, 5.41) is 0. The second-order valence-electron chi connectivity index (χ2n) is 3.50. The van der Waals surface area contributed by atoms with Gasteiger partial charge in [-0.2, -0.15) is 0 Å². The Morgan fingerprint density at radius 1 is 1.33 bits per heavy atom. The van der Waals surface area contributed by atoms with Gasteiger partial charge in [-0.05, 0) is 12.5 Å². The van der Waals surface area contributed by atoms with Gasteiger partial charge in [0.05, 0.1) is 11.4 Å². The normalized spacial score (nSPS) is 10.2. The van der Waals surface area contributed by atoms with E-state index in [2.05, 4.69) is 28.7 Å². The minimum Gasteiger partial charge on any atom is -0.342 e. The first kappa shape index (κ1) is 9.71. The molecular formula is C13H14N2. The number of aryl methyl sites for hydroxylation is 1. The Morgan fingerprint density at radius 3 is 2.73 bits per heavy atom. The quantitative estimate of drug-likeness (QED) is 0.754. The van der Waals surface area contributed by atoms with Crippen molar-refractivity contribution < 1.29 is 0 Å². The van der Waals surface area contributed by atoms with Gasteiger partial charge in [-0.25, -0.2) is 4.98 Å². The minimum absolute atomic E-state index is 0.800. The molecule has 0 saturated carbocycles. The monoisotopic (exact) mass is 198 g/mol. The molecule has 1 N–H and O–H groups in total. The van der Waals surface area contributed by atoms with Crippen LogP contribution >= 0.6 is 0 Å². The first-order chi connectivity index (χ1) is 7.31. The molecule has 0 fully saturated rings. The molecule has 1 aromatic carbocycles. The van der Waals surface area contributed by atoms with Gasteiger partial charge in [0.25, 0.3) is 0 Å². The number of hydrogen-bond acceptors (Lipinski definition) is 1. The molecule has 0 saturated heterocycles. The average molecular weight is 198 g/mol. The lowest BCUT2D eigenvalue weighted by Crippen LogP contribution is -1.86. The van der Waals surface area contributed by atoms with Crippen LogP contribution in [0.1, 0.15) is 11.5 Å². The van der Waals surface area contributed by atoms with Crippen molar-refractivity contribution in [2.24, 2.45) is 0 Å². The molecule has 2 heteroatoms. The zero-order valence-electron chi connectivity index (χ0n) is 8.83. The van der Waals surface area contributed by atoms with Crippen molar-refractivity contribution in [3.63, 3.8) is 0 Å². The molecule has 1 heterocycles. The number of H-pyrrole nitrogens is 1.